The normalized spacial score (nSPS) is 9.90. The molecule has 0 spiro atoms. The Morgan fingerprint density at radius 3 is 2.45 bits per heavy atom. The highest BCUT2D eigenvalue weighted by molar-refractivity contribution is 5.93. The van der Waals surface area contributed by atoms with E-state index in [1.54, 1.807) is 32.4 Å². The summed E-state index contributed by atoms with van der Waals surface area (Å²) < 4.78 is 10.4. The highest BCUT2D eigenvalue weighted by atomic mass is 16.5. The van der Waals surface area contributed by atoms with Crippen LogP contribution < -0.4 is 14.8 Å². The first kappa shape index (κ1) is 13.9. The van der Waals surface area contributed by atoms with Crippen molar-refractivity contribution in [2.75, 3.05) is 19.5 Å². The first-order chi connectivity index (χ1) is 9.72. The lowest BCUT2D eigenvalue weighted by Gasteiger charge is -2.11. The number of carbonyl (C=O) groups is 1. The molecule has 0 unspecified atom stereocenters. The maximum Gasteiger partial charge on any atom is 0.228 e. The largest absolute Gasteiger partial charge is 0.497 e. The van der Waals surface area contributed by atoms with E-state index >= 15 is 0 Å². The van der Waals surface area contributed by atoms with Gasteiger partial charge in [-0.25, -0.2) is 0 Å². The number of anilines is 1. The molecule has 0 bridgehead atoms. The lowest BCUT2D eigenvalue weighted by atomic mass is 10.1. The van der Waals surface area contributed by atoms with E-state index in [0.29, 0.717) is 23.6 Å². The van der Waals surface area contributed by atoms with Crippen molar-refractivity contribution < 1.29 is 14.3 Å². The summed E-state index contributed by atoms with van der Waals surface area (Å²) in [6.45, 7) is 0. The molecule has 2 aromatic carbocycles. The van der Waals surface area contributed by atoms with E-state index in [1.807, 2.05) is 30.3 Å². The first-order valence-electron chi connectivity index (χ1n) is 6.28. The summed E-state index contributed by atoms with van der Waals surface area (Å²) in [5, 5.41) is 2.84. The number of nitrogens with one attached hydrogen (secondary N) is 1. The third-order valence-corrected chi connectivity index (χ3v) is 2.89. The van der Waals surface area contributed by atoms with Crippen molar-refractivity contribution in [2.24, 2.45) is 0 Å². The molecule has 0 atom stereocenters. The highest BCUT2D eigenvalue weighted by Crippen LogP contribution is 2.29. The minimum atomic E-state index is -0.0836. The lowest BCUT2D eigenvalue weighted by molar-refractivity contribution is -0.115. The second-order valence-corrected chi connectivity index (χ2v) is 4.28. The smallest absolute Gasteiger partial charge is 0.228 e. The van der Waals surface area contributed by atoms with Crippen LogP contribution in [0.15, 0.2) is 48.5 Å². The molecular weight excluding hydrogens is 254 g/mol. The second-order valence-electron chi connectivity index (χ2n) is 4.28. The summed E-state index contributed by atoms with van der Waals surface area (Å²) in [5.41, 5.74) is 1.60. The van der Waals surface area contributed by atoms with Gasteiger partial charge in [-0.05, 0) is 17.7 Å². The van der Waals surface area contributed by atoms with Crippen molar-refractivity contribution in [3.05, 3.63) is 54.1 Å². The van der Waals surface area contributed by atoms with Crippen molar-refractivity contribution in [3.63, 3.8) is 0 Å². The van der Waals surface area contributed by atoms with Gasteiger partial charge in [-0.3, -0.25) is 4.79 Å². The van der Waals surface area contributed by atoms with Crippen LogP contribution in [0.1, 0.15) is 5.56 Å². The summed E-state index contributed by atoms with van der Waals surface area (Å²) >= 11 is 0. The van der Waals surface area contributed by atoms with Gasteiger partial charge in [0, 0.05) is 6.07 Å². The van der Waals surface area contributed by atoms with Gasteiger partial charge in [-0.2, -0.15) is 0 Å². The number of hydrogen-bond acceptors (Lipinski definition) is 3. The van der Waals surface area contributed by atoms with Crippen LogP contribution >= 0.6 is 0 Å². The van der Waals surface area contributed by atoms with Gasteiger partial charge < -0.3 is 14.8 Å². The van der Waals surface area contributed by atoms with Crippen LogP contribution in [-0.2, 0) is 11.2 Å². The summed E-state index contributed by atoms with van der Waals surface area (Å²) in [5.74, 6) is 1.17. The molecule has 2 aromatic rings. The number of hydrogen-bond donors (Lipinski definition) is 1. The number of carbonyl (C=O) groups excluding carboxylic acids is 1. The molecule has 0 heterocycles. The molecule has 104 valence electrons. The highest BCUT2D eigenvalue weighted by Gasteiger charge is 2.09. The van der Waals surface area contributed by atoms with Crippen LogP contribution in [0.5, 0.6) is 11.5 Å². The van der Waals surface area contributed by atoms with E-state index in [9.17, 15) is 4.79 Å². The first-order valence-corrected chi connectivity index (χ1v) is 6.28. The Labute approximate surface area is 118 Å². The van der Waals surface area contributed by atoms with Crippen molar-refractivity contribution in [1.82, 2.24) is 0 Å². The quantitative estimate of drug-likeness (QED) is 0.909. The molecule has 1 N–H and O–H groups in total. The lowest BCUT2D eigenvalue weighted by Crippen LogP contribution is -2.15. The predicted octanol–water partition coefficient (Wildman–Crippen LogP) is 2.89. The number of ether oxygens (including phenoxy) is 2. The molecule has 2 rings (SSSR count). The molecule has 0 aliphatic heterocycles. The van der Waals surface area contributed by atoms with Crippen LogP contribution in [-0.4, -0.2) is 20.1 Å². The van der Waals surface area contributed by atoms with E-state index in [0.717, 1.165) is 5.56 Å². The zero-order valence-electron chi connectivity index (χ0n) is 11.6. The molecule has 20 heavy (non-hydrogen) atoms. The molecule has 0 saturated heterocycles. The van der Waals surface area contributed by atoms with Crippen LogP contribution in [0.3, 0.4) is 0 Å². The maximum absolute atomic E-state index is 12.0. The average Bonchev–Trinajstić information content (AvgIpc) is 2.48. The number of amides is 1. The zero-order valence-corrected chi connectivity index (χ0v) is 11.6. The Kier molecular flexibility index (Phi) is 4.60. The van der Waals surface area contributed by atoms with E-state index in [-0.39, 0.29) is 5.91 Å². The Morgan fingerprint density at radius 2 is 1.80 bits per heavy atom. The number of benzene rings is 2. The molecule has 0 radical (unpaired) electrons. The number of methoxy groups -OCH3 is 2. The zero-order chi connectivity index (χ0) is 14.4. The van der Waals surface area contributed by atoms with Gasteiger partial charge in [0.1, 0.15) is 11.5 Å². The molecule has 0 aliphatic rings. The summed E-state index contributed by atoms with van der Waals surface area (Å²) in [6, 6.07) is 14.9. The Morgan fingerprint density at radius 1 is 1.05 bits per heavy atom. The third kappa shape index (κ3) is 3.51. The van der Waals surface area contributed by atoms with E-state index in [1.165, 1.54) is 0 Å². The Bertz CT molecular complexity index is 582. The summed E-state index contributed by atoms with van der Waals surface area (Å²) in [7, 11) is 3.14. The van der Waals surface area contributed by atoms with Gasteiger partial charge in [-0.1, -0.05) is 30.3 Å². The topological polar surface area (TPSA) is 47.6 Å². The summed E-state index contributed by atoms with van der Waals surface area (Å²) in [6.07, 6.45) is 0.329. The standard InChI is InChI=1S/C16H17NO3/c1-19-13-8-9-14(15(11-13)20-2)17-16(18)10-12-6-4-3-5-7-12/h3-9,11H,10H2,1-2H3,(H,17,18). The van der Waals surface area contributed by atoms with Crippen molar-refractivity contribution in [2.45, 2.75) is 6.42 Å². The van der Waals surface area contributed by atoms with E-state index < -0.39 is 0 Å². The summed E-state index contributed by atoms with van der Waals surface area (Å²) in [4.78, 5) is 12.0. The van der Waals surface area contributed by atoms with Crippen LogP contribution in [0.2, 0.25) is 0 Å². The molecule has 0 saturated carbocycles. The van der Waals surface area contributed by atoms with E-state index in [4.69, 9.17) is 9.47 Å². The van der Waals surface area contributed by atoms with Gasteiger partial charge in [0.2, 0.25) is 5.91 Å². The van der Waals surface area contributed by atoms with Crippen molar-refractivity contribution >= 4 is 11.6 Å². The molecule has 4 heteroatoms. The monoisotopic (exact) mass is 271 g/mol. The average molecular weight is 271 g/mol. The second kappa shape index (κ2) is 6.61. The third-order valence-electron chi connectivity index (χ3n) is 2.89. The number of rotatable bonds is 5. The van der Waals surface area contributed by atoms with Crippen molar-refractivity contribution in [3.8, 4) is 11.5 Å². The Hall–Kier alpha value is -2.49. The fourth-order valence-electron chi connectivity index (χ4n) is 1.88. The minimum Gasteiger partial charge on any atom is -0.497 e. The van der Waals surface area contributed by atoms with Crippen LogP contribution in [0.25, 0.3) is 0 Å². The minimum absolute atomic E-state index is 0.0836. The van der Waals surface area contributed by atoms with Crippen LogP contribution in [0.4, 0.5) is 5.69 Å². The molecule has 0 aromatic heterocycles. The SMILES string of the molecule is COc1ccc(NC(=O)Cc2ccccc2)c(OC)c1. The van der Waals surface area contributed by atoms with Crippen molar-refractivity contribution in [1.29, 1.82) is 0 Å². The van der Waals surface area contributed by atoms with Gasteiger partial charge in [0.05, 0.1) is 26.3 Å². The fraction of sp³-hybridized carbons (Fsp3) is 0.188. The van der Waals surface area contributed by atoms with Gasteiger partial charge in [-0.15, -0.1) is 0 Å². The van der Waals surface area contributed by atoms with E-state index in [2.05, 4.69) is 5.32 Å². The van der Waals surface area contributed by atoms with Gasteiger partial charge in [0.25, 0.3) is 0 Å². The Balaban J connectivity index is 2.07. The maximum atomic E-state index is 12.0. The fourth-order valence-corrected chi connectivity index (χ4v) is 1.88. The van der Waals surface area contributed by atoms with Crippen LogP contribution in [0, 0.1) is 0 Å². The van der Waals surface area contributed by atoms with Gasteiger partial charge >= 0.3 is 0 Å². The molecule has 0 aliphatic carbocycles. The molecule has 0 fully saturated rings. The molecule has 1 amide bonds. The molecule has 4 nitrogen and oxygen atoms in total. The molecular formula is C16H17NO3. The van der Waals surface area contributed by atoms with Gasteiger partial charge in [0.15, 0.2) is 0 Å². The predicted molar refractivity (Wildman–Crippen MR) is 78.3 cm³/mol.